The molecular formula is C22H21ClN4O3. The SMILES string of the molecule is COc1ccccc1N1CC(C(=O)NCc2cnn(-c3ccc(Cl)cc3)c2)CC1=O. The summed E-state index contributed by atoms with van der Waals surface area (Å²) in [6.45, 7) is 0.668. The van der Waals surface area contributed by atoms with Gasteiger partial charge in [-0.05, 0) is 36.4 Å². The van der Waals surface area contributed by atoms with Gasteiger partial charge in [-0.15, -0.1) is 0 Å². The molecule has 1 aromatic heterocycles. The quantitative estimate of drug-likeness (QED) is 0.659. The van der Waals surface area contributed by atoms with E-state index in [2.05, 4.69) is 10.4 Å². The maximum atomic E-state index is 12.6. The standard InChI is InChI=1S/C22H21ClN4O3/c1-30-20-5-3-2-4-19(20)26-14-16(10-21(26)28)22(29)24-11-15-12-25-27(13-15)18-8-6-17(23)7-9-18/h2-9,12-13,16H,10-11,14H2,1H3,(H,24,29). The van der Waals surface area contributed by atoms with Gasteiger partial charge >= 0.3 is 0 Å². The average molecular weight is 425 g/mol. The molecule has 30 heavy (non-hydrogen) atoms. The first-order valence-electron chi connectivity index (χ1n) is 9.55. The number of nitrogens with one attached hydrogen (secondary N) is 1. The number of carbonyl (C=O) groups is 2. The molecule has 0 radical (unpaired) electrons. The van der Waals surface area contributed by atoms with Crippen LogP contribution in [0.15, 0.2) is 60.9 Å². The van der Waals surface area contributed by atoms with Crippen LogP contribution in [0.5, 0.6) is 5.75 Å². The zero-order valence-electron chi connectivity index (χ0n) is 16.4. The van der Waals surface area contributed by atoms with Crippen molar-refractivity contribution in [3.8, 4) is 11.4 Å². The van der Waals surface area contributed by atoms with Crippen molar-refractivity contribution in [2.24, 2.45) is 5.92 Å². The highest BCUT2D eigenvalue weighted by molar-refractivity contribution is 6.30. The molecule has 0 bridgehead atoms. The van der Waals surface area contributed by atoms with Gasteiger partial charge in [-0.3, -0.25) is 9.59 Å². The van der Waals surface area contributed by atoms with E-state index in [-0.39, 0.29) is 18.2 Å². The third kappa shape index (κ3) is 4.16. The van der Waals surface area contributed by atoms with Gasteiger partial charge < -0.3 is 15.0 Å². The third-order valence-corrected chi connectivity index (χ3v) is 5.32. The summed E-state index contributed by atoms with van der Waals surface area (Å²) in [6.07, 6.45) is 3.73. The molecule has 7 nitrogen and oxygen atoms in total. The Bertz CT molecular complexity index is 1060. The molecule has 0 aliphatic carbocycles. The predicted molar refractivity (Wildman–Crippen MR) is 114 cm³/mol. The molecule has 1 saturated heterocycles. The number of halogens is 1. The van der Waals surface area contributed by atoms with Gasteiger partial charge in [0.1, 0.15) is 5.75 Å². The Morgan fingerprint density at radius 2 is 2.00 bits per heavy atom. The number of nitrogens with zero attached hydrogens (tertiary/aromatic N) is 3. The monoisotopic (exact) mass is 424 g/mol. The number of aromatic nitrogens is 2. The summed E-state index contributed by atoms with van der Waals surface area (Å²) in [5.41, 5.74) is 2.43. The normalized spacial score (nSPS) is 16.0. The highest BCUT2D eigenvalue weighted by atomic mass is 35.5. The van der Waals surface area contributed by atoms with Crippen molar-refractivity contribution >= 4 is 29.1 Å². The number of methoxy groups -OCH3 is 1. The van der Waals surface area contributed by atoms with Gasteiger partial charge in [-0.2, -0.15) is 5.10 Å². The summed E-state index contributed by atoms with van der Waals surface area (Å²) in [6, 6.07) is 14.6. The number of ether oxygens (including phenoxy) is 1. The van der Waals surface area contributed by atoms with Gasteiger partial charge in [0.2, 0.25) is 11.8 Å². The van der Waals surface area contributed by atoms with Crippen LogP contribution in [-0.2, 0) is 16.1 Å². The van der Waals surface area contributed by atoms with E-state index in [0.717, 1.165) is 11.3 Å². The first-order chi connectivity index (χ1) is 14.5. The summed E-state index contributed by atoms with van der Waals surface area (Å²) in [7, 11) is 1.56. The van der Waals surface area contributed by atoms with Crippen LogP contribution in [0.4, 0.5) is 5.69 Å². The molecule has 2 aromatic carbocycles. The minimum atomic E-state index is -0.409. The maximum Gasteiger partial charge on any atom is 0.227 e. The molecule has 154 valence electrons. The van der Waals surface area contributed by atoms with E-state index in [0.29, 0.717) is 29.5 Å². The van der Waals surface area contributed by atoms with Crippen molar-refractivity contribution < 1.29 is 14.3 Å². The van der Waals surface area contributed by atoms with Crippen LogP contribution in [0.25, 0.3) is 5.69 Å². The minimum absolute atomic E-state index is 0.0878. The first-order valence-corrected chi connectivity index (χ1v) is 9.93. The molecule has 8 heteroatoms. The molecule has 4 rings (SSSR count). The van der Waals surface area contributed by atoms with Crippen LogP contribution in [0.2, 0.25) is 5.02 Å². The summed E-state index contributed by atoms with van der Waals surface area (Å²) in [5, 5.41) is 7.89. The van der Waals surface area contributed by atoms with Crippen LogP contribution >= 0.6 is 11.6 Å². The molecule has 1 fully saturated rings. The molecule has 2 heterocycles. The zero-order chi connectivity index (χ0) is 21.1. The van der Waals surface area contributed by atoms with E-state index >= 15 is 0 Å². The number of benzene rings is 2. The van der Waals surface area contributed by atoms with Gasteiger partial charge in [0.25, 0.3) is 0 Å². The number of para-hydroxylation sites is 2. The fourth-order valence-electron chi connectivity index (χ4n) is 3.49. The topological polar surface area (TPSA) is 76.5 Å². The summed E-state index contributed by atoms with van der Waals surface area (Å²) in [5.74, 6) is -0.0366. The van der Waals surface area contributed by atoms with E-state index in [1.807, 2.05) is 36.5 Å². The van der Waals surface area contributed by atoms with Gasteiger partial charge in [-0.25, -0.2) is 4.68 Å². The van der Waals surface area contributed by atoms with E-state index in [4.69, 9.17) is 16.3 Å². The fraction of sp³-hybridized carbons (Fsp3) is 0.227. The van der Waals surface area contributed by atoms with Crippen molar-refractivity contribution in [3.63, 3.8) is 0 Å². The number of amides is 2. The number of carbonyl (C=O) groups excluding carboxylic acids is 2. The molecule has 1 aliphatic rings. The largest absolute Gasteiger partial charge is 0.495 e. The Kier molecular flexibility index (Phi) is 5.72. The molecule has 1 N–H and O–H groups in total. The highest BCUT2D eigenvalue weighted by Crippen LogP contribution is 2.32. The molecule has 1 unspecified atom stereocenters. The number of anilines is 1. The summed E-state index contributed by atoms with van der Waals surface area (Å²) >= 11 is 5.92. The number of hydrogen-bond donors (Lipinski definition) is 1. The Morgan fingerprint density at radius 3 is 2.77 bits per heavy atom. The Morgan fingerprint density at radius 1 is 1.23 bits per heavy atom. The molecule has 0 saturated carbocycles. The highest BCUT2D eigenvalue weighted by Gasteiger charge is 2.36. The molecule has 3 aromatic rings. The van der Waals surface area contributed by atoms with Gasteiger partial charge in [-0.1, -0.05) is 23.7 Å². The van der Waals surface area contributed by atoms with Crippen molar-refractivity contribution in [1.29, 1.82) is 0 Å². The average Bonchev–Trinajstić information content (AvgIpc) is 3.39. The Balaban J connectivity index is 1.37. The van der Waals surface area contributed by atoms with Crippen LogP contribution in [0, 0.1) is 5.92 Å². The van der Waals surface area contributed by atoms with Crippen LogP contribution in [0.3, 0.4) is 0 Å². The molecule has 1 aliphatic heterocycles. The summed E-state index contributed by atoms with van der Waals surface area (Å²) in [4.78, 5) is 26.7. The number of hydrogen-bond acceptors (Lipinski definition) is 4. The third-order valence-electron chi connectivity index (χ3n) is 5.07. The first kappa shape index (κ1) is 20.0. The second kappa shape index (κ2) is 8.59. The minimum Gasteiger partial charge on any atom is -0.495 e. The number of rotatable bonds is 6. The van der Waals surface area contributed by atoms with E-state index in [1.54, 1.807) is 41.1 Å². The zero-order valence-corrected chi connectivity index (χ0v) is 17.2. The Hall–Kier alpha value is -3.32. The van der Waals surface area contributed by atoms with Crippen LogP contribution < -0.4 is 15.0 Å². The molecular weight excluding hydrogens is 404 g/mol. The lowest BCUT2D eigenvalue weighted by atomic mass is 10.1. The van der Waals surface area contributed by atoms with Crippen molar-refractivity contribution in [3.05, 3.63) is 71.5 Å². The van der Waals surface area contributed by atoms with E-state index < -0.39 is 5.92 Å². The van der Waals surface area contributed by atoms with E-state index in [9.17, 15) is 9.59 Å². The van der Waals surface area contributed by atoms with E-state index in [1.165, 1.54) is 0 Å². The molecule has 1 atom stereocenters. The summed E-state index contributed by atoms with van der Waals surface area (Å²) < 4.78 is 7.06. The predicted octanol–water partition coefficient (Wildman–Crippen LogP) is 3.20. The lowest BCUT2D eigenvalue weighted by Crippen LogP contribution is -2.32. The van der Waals surface area contributed by atoms with Crippen LogP contribution in [0.1, 0.15) is 12.0 Å². The molecule has 2 amide bonds. The molecule has 0 spiro atoms. The van der Waals surface area contributed by atoms with Crippen molar-refractivity contribution in [1.82, 2.24) is 15.1 Å². The lowest BCUT2D eigenvalue weighted by Gasteiger charge is -2.19. The van der Waals surface area contributed by atoms with Gasteiger partial charge in [0.05, 0.1) is 30.6 Å². The van der Waals surface area contributed by atoms with Crippen molar-refractivity contribution in [2.45, 2.75) is 13.0 Å². The van der Waals surface area contributed by atoms with Crippen molar-refractivity contribution in [2.75, 3.05) is 18.6 Å². The smallest absolute Gasteiger partial charge is 0.227 e. The van der Waals surface area contributed by atoms with Gasteiger partial charge in [0.15, 0.2) is 0 Å². The Labute approximate surface area is 179 Å². The second-order valence-corrected chi connectivity index (χ2v) is 7.50. The van der Waals surface area contributed by atoms with Crippen LogP contribution in [-0.4, -0.2) is 35.2 Å². The second-order valence-electron chi connectivity index (χ2n) is 7.06. The fourth-order valence-corrected chi connectivity index (χ4v) is 3.61. The lowest BCUT2D eigenvalue weighted by molar-refractivity contribution is -0.126. The van der Waals surface area contributed by atoms with Gasteiger partial charge in [0, 0.05) is 36.3 Å². The maximum absolute atomic E-state index is 12.6.